The van der Waals surface area contributed by atoms with Gasteiger partial charge in [0.1, 0.15) is 18.2 Å². The molecule has 5 nitrogen and oxygen atoms in total. The quantitative estimate of drug-likeness (QED) is 0.748. The van der Waals surface area contributed by atoms with Crippen LogP contribution in [0.15, 0.2) is 12.3 Å². The molecule has 84 valence electrons. The molecule has 0 radical (unpaired) electrons. The molecule has 0 saturated carbocycles. The molecule has 1 saturated heterocycles. The predicted molar refractivity (Wildman–Crippen MR) is 57.9 cm³/mol. The van der Waals surface area contributed by atoms with Gasteiger partial charge in [0.15, 0.2) is 0 Å². The van der Waals surface area contributed by atoms with Crippen LogP contribution in [0.2, 0.25) is 0 Å². The van der Waals surface area contributed by atoms with Crippen LogP contribution in [0.4, 0.5) is 0 Å². The molecule has 0 aliphatic carbocycles. The second-order valence-electron chi connectivity index (χ2n) is 3.76. The van der Waals surface area contributed by atoms with Gasteiger partial charge in [0.25, 0.3) is 5.88 Å². The average molecular weight is 218 g/mol. The van der Waals surface area contributed by atoms with Crippen molar-refractivity contribution in [2.24, 2.45) is 0 Å². The van der Waals surface area contributed by atoms with Crippen molar-refractivity contribution in [2.45, 2.75) is 12.8 Å². The van der Waals surface area contributed by atoms with Gasteiger partial charge in [0.05, 0.1) is 6.20 Å². The summed E-state index contributed by atoms with van der Waals surface area (Å²) in [5, 5.41) is 16.3. The van der Waals surface area contributed by atoms with E-state index in [1.54, 1.807) is 6.07 Å². The number of aromatic nitrogens is 2. The van der Waals surface area contributed by atoms with Gasteiger partial charge in [-0.2, -0.15) is 10.4 Å². The number of hydrogen-bond acceptors (Lipinski definition) is 5. The summed E-state index contributed by atoms with van der Waals surface area (Å²) in [4.78, 5) is 2.35. The van der Waals surface area contributed by atoms with Crippen LogP contribution >= 0.6 is 0 Å². The Morgan fingerprint density at radius 1 is 1.44 bits per heavy atom. The molecule has 1 aliphatic heterocycles. The molecular formula is C11H14N4O. The molecule has 0 bridgehead atoms. The second kappa shape index (κ2) is 5.42. The number of rotatable bonds is 4. The first-order chi connectivity index (χ1) is 7.90. The van der Waals surface area contributed by atoms with E-state index in [1.165, 1.54) is 19.0 Å². The predicted octanol–water partition coefficient (Wildman–Crippen LogP) is 0.823. The van der Waals surface area contributed by atoms with Gasteiger partial charge in [-0.05, 0) is 32.0 Å². The zero-order valence-corrected chi connectivity index (χ0v) is 9.09. The molecule has 16 heavy (non-hydrogen) atoms. The molecule has 0 amide bonds. The molecule has 1 aromatic rings. The topological polar surface area (TPSA) is 62.0 Å². The van der Waals surface area contributed by atoms with Gasteiger partial charge in [-0.25, -0.2) is 0 Å². The maximum absolute atomic E-state index is 8.82. The minimum absolute atomic E-state index is 0.337. The van der Waals surface area contributed by atoms with E-state index in [9.17, 15) is 0 Å². The largest absolute Gasteiger partial charge is 0.474 e. The summed E-state index contributed by atoms with van der Waals surface area (Å²) in [7, 11) is 0. The van der Waals surface area contributed by atoms with Crippen LogP contribution < -0.4 is 4.74 Å². The van der Waals surface area contributed by atoms with E-state index < -0.39 is 0 Å². The number of ether oxygens (including phenoxy) is 1. The van der Waals surface area contributed by atoms with E-state index in [2.05, 4.69) is 15.1 Å². The zero-order chi connectivity index (χ0) is 11.2. The van der Waals surface area contributed by atoms with E-state index >= 15 is 0 Å². The zero-order valence-electron chi connectivity index (χ0n) is 9.09. The van der Waals surface area contributed by atoms with Crippen molar-refractivity contribution in [2.75, 3.05) is 26.2 Å². The summed E-state index contributed by atoms with van der Waals surface area (Å²) in [5.74, 6) is 0.337. The van der Waals surface area contributed by atoms with Gasteiger partial charge in [-0.15, -0.1) is 5.10 Å². The summed E-state index contributed by atoms with van der Waals surface area (Å²) in [6.07, 6.45) is 4.04. The molecular weight excluding hydrogens is 204 g/mol. The maximum Gasteiger partial charge on any atom is 0.251 e. The lowest BCUT2D eigenvalue weighted by molar-refractivity contribution is 0.230. The van der Waals surface area contributed by atoms with Crippen LogP contribution in [0.25, 0.3) is 0 Å². The highest BCUT2D eigenvalue weighted by Crippen LogP contribution is 2.12. The lowest BCUT2D eigenvalue weighted by atomic mass is 10.3. The fraction of sp³-hybridized carbons (Fsp3) is 0.545. The van der Waals surface area contributed by atoms with Crippen LogP contribution in [-0.2, 0) is 0 Å². The van der Waals surface area contributed by atoms with Crippen LogP contribution in [0.3, 0.4) is 0 Å². The van der Waals surface area contributed by atoms with E-state index in [1.807, 2.05) is 6.07 Å². The van der Waals surface area contributed by atoms with Gasteiger partial charge in [0, 0.05) is 6.54 Å². The van der Waals surface area contributed by atoms with E-state index in [0.717, 1.165) is 19.6 Å². The molecule has 0 unspecified atom stereocenters. The van der Waals surface area contributed by atoms with Gasteiger partial charge in [-0.1, -0.05) is 0 Å². The smallest absolute Gasteiger partial charge is 0.251 e. The van der Waals surface area contributed by atoms with Crippen molar-refractivity contribution in [3.05, 3.63) is 17.8 Å². The molecule has 2 heterocycles. The first-order valence-electron chi connectivity index (χ1n) is 5.47. The molecule has 1 aromatic heterocycles. The Labute approximate surface area is 94.7 Å². The Morgan fingerprint density at radius 2 is 2.25 bits per heavy atom. The molecule has 1 fully saturated rings. The Balaban J connectivity index is 1.82. The van der Waals surface area contributed by atoms with Crippen molar-refractivity contribution in [1.29, 1.82) is 5.26 Å². The van der Waals surface area contributed by atoms with Gasteiger partial charge >= 0.3 is 0 Å². The van der Waals surface area contributed by atoms with Crippen LogP contribution in [0.1, 0.15) is 18.4 Å². The van der Waals surface area contributed by atoms with Crippen LogP contribution in [0, 0.1) is 11.3 Å². The molecule has 5 heteroatoms. The lowest BCUT2D eigenvalue weighted by Crippen LogP contribution is -2.25. The first-order valence-corrected chi connectivity index (χ1v) is 5.47. The van der Waals surface area contributed by atoms with Crippen molar-refractivity contribution in [3.63, 3.8) is 0 Å². The van der Waals surface area contributed by atoms with Crippen LogP contribution in [-0.4, -0.2) is 41.3 Å². The third-order valence-corrected chi connectivity index (χ3v) is 2.65. The Morgan fingerprint density at radius 3 is 3.00 bits per heavy atom. The van der Waals surface area contributed by atoms with E-state index in [-0.39, 0.29) is 0 Å². The minimum Gasteiger partial charge on any atom is -0.474 e. The monoisotopic (exact) mass is 218 g/mol. The van der Waals surface area contributed by atoms with Crippen molar-refractivity contribution < 1.29 is 4.74 Å². The summed E-state index contributed by atoms with van der Waals surface area (Å²) < 4.78 is 5.45. The Kier molecular flexibility index (Phi) is 3.67. The first kappa shape index (κ1) is 10.8. The third kappa shape index (κ3) is 2.67. The average Bonchev–Trinajstić information content (AvgIpc) is 2.83. The van der Waals surface area contributed by atoms with Gasteiger partial charge in [-0.3, -0.25) is 4.90 Å². The molecule has 0 atom stereocenters. The molecule has 0 spiro atoms. The van der Waals surface area contributed by atoms with Crippen molar-refractivity contribution >= 4 is 0 Å². The van der Waals surface area contributed by atoms with Crippen molar-refractivity contribution in [1.82, 2.24) is 15.1 Å². The number of hydrogen-bond donors (Lipinski definition) is 0. The Hall–Kier alpha value is -1.67. The summed E-state index contributed by atoms with van der Waals surface area (Å²) in [6, 6.07) is 3.64. The van der Waals surface area contributed by atoms with Crippen molar-refractivity contribution in [3.8, 4) is 11.9 Å². The Bertz CT molecular complexity index is 382. The lowest BCUT2D eigenvalue weighted by Gasteiger charge is -2.14. The van der Waals surface area contributed by atoms with Crippen LogP contribution in [0.5, 0.6) is 5.88 Å². The summed E-state index contributed by atoms with van der Waals surface area (Å²) in [6.45, 7) is 3.75. The normalized spacial score (nSPS) is 15.9. The molecule has 0 aromatic carbocycles. The molecule has 1 aliphatic rings. The fourth-order valence-electron chi connectivity index (χ4n) is 1.79. The van der Waals surface area contributed by atoms with E-state index in [0.29, 0.717) is 18.1 Å². The van der Waals surface area contributed by atoms with Gasteiger partial charge < -0.3 is 4.74 Å². The van der Waals surface area contributed by atoms with E-state index in [4.69, 9.17) is 10.00 Å². The molecule has 0 N–H and O–H groups in total. The highest BCUT2D eigenvalue weighted by molar-refractivity contribution is 5.35. The number of likely N-dealkylation sites (tertiary alicyclic amines) is 1. The van der Waals surface area contributed by atoms with Gasteiger partial charge in [0.2, 0.25) is 0 Å². The summed E-state index contributed by atoms with van der Waals surface area (Å²) in [5.41, 5.74) is 0.441. The highest BCUT2D eigenvalue weighted by atomic mass is 16.5. The third-order valence-electron chi connectivity index (χ3n) is 2.65. The second-order valence-corrected chi connectivity index (χ2v) is 3.76. The SMILES string of the molecule is N#Cc1ccnnc1OCCN1CCCC1. The number of nitriles is 1. The fourth-order valence-corrected chi connectivity index (χ4v) is 1.79. The highest BCUT2D eigenvalue weighted by Gasteiger charge is 2.11. The maximum atomic E-state index is 8.82. The number of nitrogens with zero attached hydrogens (tertiary/aromatic N) is 4. The minimum atomic E-state index is 0.337. The molecule has 2 rings (SSSR count). The summed E-state index contributed by atoms with van der Waals surface area (Å²) >= 11 is 0. The standard InChI is InChI=1S/C11H14N4O/c12-9-10-3-4-13-14-11(10)16-8-7-15-5-1-2-6-15/h3-4H,1-2,5-8H2.